The molecule has 0 aliphatic heterocycles. The fourth-order valence-corrected chi connectivity index (χ4v) is 2.23. The SMILES string of the molecule is CC(=CCc1ccccc1)C(=O)O.c1ccc(-c2ccccc2)cc1. The summed E-state index contributed by atoms with van der Waals surface area (Å²) in [4.78, 5) is 10.5. The third kappa shape index (κ3) is 6.48. The Morgan fingerprint density at radius 2 is 1.16 bits per heavy atom. The molecule has 0 heterocycles. The van der Waals surface area contributed by atoms with Crippen LogP contribution >= 0.6 is 0 Å². The van der Waals surface area contributed by atoms with Crippen molar-refractivity contribution in [1.29, 1.82) is 0 Å². The van der Waals surface area contributed by atoms with Crippen molar-refractivity contribution in [3.05, 3.63) is 108 Å². The van der Waals surface area contributed by atoms with Crippen LogP contribution < -0.4 is 0 Å². The van der Waals surface area contributed by atoms with Crippen LogP contribution in [-0.2, 0) is 11.2 Å². The summed E-state index contributed by atoms with van der Waals surface area (Å²) in [5, 5.41) is 8.59. The van der Waals surface area contributed by atoms with Crippen molar-refractivity contribution in [3.8, 4) is 11.1 Å². The van der Waals surface area contributed by atoms with E-state index in [1.165, 1.54) is 11.1 Å². The van der Waals surface area contributed by atoms with Gasteiger partial charge in [-0.1, -0.05) is 97.1 Å². The Hall–Kier alpha value is -3.13. The highest BCUT2D eigenvalue weighted by Crippen LogP contribution is 2.17. The topological polar surface area (TPSA) is 37.3 Å². The van der Waals surface area contributed by atoms with Crippen LogP contribution in [0.5, 0.6) is 0 Å². The van der Waals surface area contributed by atoms with Gasteiger partial charge < -0.3 is 5.11 Å². The summed E-state index contributed by atoms with van der Waals surface area (Å²) in [5.74, 6) is -0.851. The summed E-state index contributed by atoms with van der Waals surface area (Å²) >= 11 is 0. The average Bonchev–Trinajstić information content (AvgIpc) is 2.69. The Balaban J connectivity index is 0.000000181. The largest absolute Gasteiger partial charge is 0.478 e. The smallest absolute Gasteiger partial charge is 0.330 e. The summed E-state index contributed by atoms with van der Waals surface area (Å²) in [6.45, 7) is 1.60. The predicted molar refractivity (Wildman–Crippen MR) is 103 cm³/mol. The first-order valence-corrected chi connectivity index (χ1v) is 8.21. The van der Waals surface area contributed by atoms with Crippen molar-refractivity contribution in [3.63, 3.8) is 0 Å². The van der Waals surface area contributed by atoms with Crippen LogP contribution in [0.25, 0.3) is 11.1 Å². The van der Waals surface area contributed by atoms with Crippen molar-refractivity contribution in [1.82, 2.24) is 0 Å². The molecule has 0 aliphatic rings. The molecule has 2 nitrogen and oxygen atoms in total. The second kappa shape index (κ2) is 9.89. The van der Waals surface area contributed by atoms with Gasteiger partial charge in [0, 0.05) is 5.57 Å². The van der Waals surface area contributed by atoms with Crippen LogP contribution in [-0.4, -0.2) is 11.1 Å². The highest BCUT2D eigenvalue weighted by Gasteiger charge is 1.98. The number of allylic oxidation sites excluding steroid dienone is 1. The molecule has 1 N–H and O–H groups in total. The van der Waals surface area contributed by atoms with E-state index >= 15 is 0 Å². The Bertz CT molecular complexity index is 754. The number of aliphatic carboxylic acids is 1. The second-order valence-corrected chi connectivity index (χ2v) is 5.61. The van der Waals surface area contributed by atoms with Crippen molar-refractivity contribution < 1.29 is 9.90 Å². The number of carboxylic acid groups (broad SMARTS) is 1. The Morgan fingerprint density at radius 3 is 1.56 bits per heavy atom. The Kier molecular flexibility index (Phi) is 7.20. The molecule has 25 heavy (non-hydrogen) atoms. The molecule has 0 spiro atoms. The summed E-state index contributed by atoms with van der Waals surface area (Å²) in [6, 6.07) is 30.6. The van der Waals surface area contributed by atoms with Crippen molar-refractivity contribution >= 4 is 5.97 Å². The number of carbonyl (C=O) groups is 1. The van der Waals surface area contributed by atoms with E-state index in [0.29, 0.717) is 12.0 Å². The molecular weight excluding hydrogens is 308 g/mol. The molecule has 0 saturated heterocycles. The maximum atomic E-state index is 10.5. The van der Waals surface area contributed by atoms with Crippen LogP contribution in [0, 0.1) is 0 Å². The molecule has 3 rings (SSSR count). The average molecular weight is 330 g/mol. The number of rotatable bonds is 4. The summed E-state index contributed by atoms with van der Waals surface area (Å²) in [5.41, 5.74) is 4.07. The zero-order chi connectivity index (χ0) is 17.9. The monoisotopic (exact) mass is 330 g/mol. The third-order valence-corrected chi connectivity index (χ3v) is 3.71. The molecule has 0 saturated carbocycles. The van der Waals surface area contributed by atoms with Gasteiger partial charge in [0.2, 0.25) is 0 Å². The molecule has 126 valence electrons. The highest BCUT2D eigenvalue weighted by molar-refractivity contribution is 5.85. The van der Waals surface area contributed by atoms with Crippen LogP contribution in [0.4, 0.5) is 0 Å². The van der Waals surface area contributed by atoms with Crippen molar-refractivity contribution in [2.24, 2.45) is 0 Å². The Labute approximate surface area is 149 Å². The first kappa shape index (κ1) is 18.2. The molecule has 0 radical (unpaired) electrons. The quantitative estimate of drug-likeness (QED) is 0.631. The van der Waals surface area contributed by atoms with Gasteiger partial charge in [0.15, 0.2) is 0 Å². The maximum Gasteiger partial charge on any atom is 0.330 e. The van der Waals surface area contributed by atoms with Gasteiger partial charge in [0.25, 0.3) is 0 Å². The van der Waals surface area contributed by atoms with E-state index < -0.39 is 5.97 Å². The van der Waals surface area contributed by atoms with Gasteiger partial charge in [0.05, 0.1) is 0 Å². The summed E-state index contributed by atoms with van der Waals surface area (Å²) < 4.78 is 0. The van der Waals surface area contributed by atoms with Crippen molar-refractivity contribution in [2.45, 2.75) is 13.3 Å². The van der Waals surface area contributed by atoms with Crippen LogP contribution in [0.2, 0.25) is 0 Å². The molecule has 0 atom stereocenters. The van der Waals surface area contributed by atoms with Gasteiger partial charge >= 0.3 is 5.97 Å². The van der Waals surface area contributed by atoms with Gasteiger partial charge in [-0.2, -0.15) is 0 Å². The van der Waals surface area contributed by atoms with E-state index in [1.54, 1.807) is 13.0 Å². The minimum Gasteiger partial charge on any atom is -0.478 e. The van der Waals surface area contributed by atoms with Crippen molar-refractivity contribution in [2.75, 3.05) is 0 Å². The van der Waals surface area contributed by atoms with E-state index in [4.69, 9.17) is 5.11 Å². The number of carboxylic acids is 1. The van der Waals surface area contributed by atoms with E-state index in [2.05, 4.69) is 48.5 Å². The molecule has 2 heteroatoms. The molecule has 0 bridgehead atoms. The van der Waals surface area contributed by atoms with E-state index in [1.807, 2.05) is 42.5 Å². The van der Waals surface area contributed by atoms with Gasteiger partial charge in [-0.15, -0.1) is 0 Å². The maximum absolute atomic E-state index is 10.5. The van der Waals surface area contributed by atoms with Gasteiger partial charge in [-0.25, -0.2) is 4.79 Å². The fraction of sp³-hybridized carbons (Fsp3) is 0.0870. The number of benzene rings is 3. The third-order valence-electron chi connectivity index (χ3n) is 3.71. The lowest BCUT2D eigenvalue weighted by atomic mass is 10.1. The first-order valence-electron chi connectivity index (χ1n) is 8.21. The zero-order valence-electron chi connectivity index (χ0n) is 14.3. The standard InChI is InChI=1S/C12H10.C11H12O2/c1-3-7-11(8-4-1)12-9-5-2-6-10-12;1-9(11(12)13)7-8-10-5-3-2-4-6-10/h1-10H;2-7H,8H2,1H3,(H,12,13). The molecule has 3 aromatic carbocycles. The lowest BCUT2D eigenvalue weighted by molar-refractivity contribution is -0.132. The number of hydrogen-bond acceptors (Lipinski definition) is 1. The lowest BCUT2D eigenvalue weighted by Crippen LogP contribution is -1.96. The van der Waals surface area contributed by atoms with E-state index in [-0.39, 0.29) is 0 Å². The van der Waals surface area contributed by atoms with Gasteiger partial charge in [-0.3, -0.25) is 0 Å². The molecule has 0 aromatic heterocycles. The molecular formula is C23H22O2. The first-order chi connectivity index (χ1) is 12.2. The van der Waals surface area contributed by atoms with Gasteiger partial charge in [-0.05, 0) is 30.0 Å². The number of hydrogen-bond donors (Lipinski definition) is 1. The van der Waals surface area contributed by atoms with Crippen LogP contribution in [0.1, 0.15) is 12.5 Å². The minimum absolute atomic E-state index is 0.392. The molecule has 3 aromatic rings. The van der Waals surface area contributed by atoms with Crippen LogP contribution in [0.15, 0.2) is 103 Å². The minimum atomic E-state index is -0.851. The molecule has 0 fully saturated rings. The summed E-state index contributed by atoms with van der Waals surface area (Å²) in [7, 11) is 0. The van der Waals surface area contributed by atoms with Crippen LogP contribution in [0.3, 0.4) is 0 Å². The molecule has 0 aliphatic carbocycles. The van der Waals surface area contributed by atoms with Gasteiger partial charge in [0.1, 0.15) is 0 Å². The Morgan fingerprint density at radius 1 is 0.760 bits per heavy atom. The van der Waals surface area contributed by atoms with E-state index in [0.717, 1.165) is 5.56 Å². The lowest BCUT2D eigenvalue weighted by Gasteiger charge is -1.98. The van der Waals surface area contributed by atoms with E-state index in [9.17, 15) is 4.79 Å². The second-order valence-electron chi connectivity index (χ2n) is 5.61. The molecule has 0 unspecified atom stereocenters. The molecule has 0 amide bonds. The normalized spacial score (nSPS) is 10.5. The highest BCUT2D eigenvalue weighted by atomic mass is 16.4. The zero-order valence-corrected chi connectivity index (χ0v) is 14.3. The predicted octanol–water partition coefficient (Wildman–Crippen LogP) is 5.61. The summed E-state index contributed by atoms with van der Waals surface area (Å²) in [6.07, 6.45) is 2.40. The fourth-order valence-electron chi connectivity index (χ4n) is 2.23.